The summed E-state index contributed by atoms with van der Waals surface area (Å²) in [6.07, 6.45) is 11.7. The Morgan fingerprint density at radius 3 is 1.58 bits per heavy atom. The van der Waals surface area contributed by atoms with Crippen molar-refractivity contribution in [3.63, 3.8) is 0 Å². The zero-order valence-electron chi connectivity index (χ0n) is 12.5. The maximum atomic E-state index is 10.1. The van der Waals surface area contributed by atoms with Gasteiger partial charge in [0.15, 0.2) is 0 Å². The Kier molecular flexibility index (Phi) is 24.2. The summed E-state index contributed by atoms with van der Waals surface area (Å²) in [5.74, 6) is 0. The standard InChI is InChI=1S/C12H26O4S.Na.Pb.2H/c1-2-3-4-5-6-7-8-9-10-11-12-16-17(13,14)15;;;;/h2-12H2,1H3,(H,13,14,15);;;;/q;+1;;;/p-1. The Balaban J connectivity index is -0.00000128. The predicted octanol–water partition coefficient (Wildman–Crippen LogP) is -0.528. The van der Waals surface area contributed by atoms with Gasteiger partial charge in [0, 0.05) is 0 Å². The second-order valence-electron chi connectivity index (χ2n) is 4.41. The number of hydrogen-bond acceptors (Lipinski definition) is 4. The van der Waals surface area contributed by atoms with Crippen molar-refractivity contribution in [1.82, 2.24) is 0 Å². The van der Waals surface area contributed by atoms with E-state index >= 15 is 0 Å². The molecule has 0 unspecified atom stereocenters. The van der Waals surface area contributed by atoms with Gasteiger partial charge in [-0.25, -0.2) is 8.42 Å². The molecule has 0 amide bonds. The Morgan fingerprint density at radius 1 is 0.842 bits per heavy atom. The van der Waals surface area contributed by atoms with E-state index in [4.69, 9.17) is 0 Å². The first kappa shape index (κ1) is 25.7. The Morgan fingerprint density at radius 2 is 1.21 bits per heavy atom. The van der Waals surface area contributed by atoms with Crippen molar-refractivity contribution in [2.75, 3.05) is 6.61 Å². The summed E-state index contributed by atoms with van der Waals surface area (Å²) in [5, 5.41) is 0. The van der Waals surface area contributed by atoms with Crippen LogP contribution in [0.15, 0.2) is 0 Å². The van der Waals surface area contributed by atoms with E-state index in [-0.39, 0.29) is 63.5 Å². The third-order valence-electron chi connectivity index (χ3n) is 2.73. The van der Waals surface area contributed by atoms with Crippen molar-refractivity contribution in [2.24, 2.45) is 0 Å². The van der Waals surface area contributed by atoms with Crippen molar-refractivity contribution in [2.45, 2.75) is 71.1 Å². The van der Waals surface area contributed by atoms with Crippen molar-refractivity contribution >= 4 is 37.7 Å². The molecule has 7 heteroatoms. The van der Waals surface area contributed by atoms with Gasteiger partial charge in [-0.3, -0.25) is 4.18 Å². The van der Waals surface area contributed by atoms with Crippen LogP contribution in [0, 0.1) is 0 Å². The molecule has 0 atom stereocenters. The van der Waals surface area contributed by atoms with Crippen LogP contribution in [0.2, 0.25) is 0 Å². The van der Waals surface area contributed by atoms with Crippen LogP contribution >= 0.6 is 0 Å². The van der Waals surface area contributed by atoms with Crippen LogP contribution in [-0.4, -0.2) is 46.9 Å². The number of rotatable bonds is 12. The molecule has 0 heterocycles. The molecule has 4 nitrogen and oxygen atoms in total. The van der Waals surface area contributed by atoms with Crippen LogP contribution in [0.3, 0.4) is 0 Å². The van der Waals surface area contributed by atoms with Crippen molar-refractivity contribution in [3.8, 4) is 0 Å². The molecule has 0 saturated carbocycles. The van der Waals surface area contributed by atoms with Gasteiger partial charge >= 0.3 is 56.9 Å². The topological polar surface area (TPSA) is 66.4 Å². The average molecular weight is 498 g/mol. The van der Waals surface area contributed by atoms with Crippen molar-refractivity contribution in [1.29, 1.82) is 0 Å². The predicted molar refractivity (Wildman–Crippen MR) is 76.0 cm³/mol. The van der Waals surface area contributed by atoms with Gasteiger partial charge in [0.2, 0.25) is 10.4 Å². The summed E-state index contributed by atoms with van der Waals surface area (Å²) in [6, 6.07) is 0. The van der Waals surface area contributed by atoms with E-state index in [0.717, 1.165) is 12.8 Å². The molecular formula is C12H27NaO4PbS. The van der Waals surface area contributed by atoms with E-state index in [2.05, 4.69) is 11.1 Å². The van der Waals surface area contributed by atoms with Crippen LogP contribution in [-0.2, 0) is 14.6 Å². The summed E-state index contributed by atoms with van der Waals surface area (Å²) in [5.41, 5.74) is 0. The third-order valence-corrected chi connectivity index (χ3v) is 3.18. The molecule has 0 spiro atoms. The van der Waals surface area contributed by atoms with Crippen molar-refractivity contribution < 1.29 is 46.7 Å². The minimum atomic E-state index is -4.48. The third kappa shape index (κ3) is 25.1. The molecule has 0 saturated heterocycles. The second-order valence-corrected chi connectivity index (χ2v) is 5.46. The summed E-state index contributed by atoms with van der Waals surface area (Å²) >= 11 is 0. The fourth-order valence-electron chi connectivity index (χ4n) is 1.75. The molecule has 0 aliphatic carbocycles. The van der Waals surface area contributed by atoms with Crippen LogP contribution in [0.5, 0.6) is 0 Å². The Hall–Kier alpha value is 1.79. The van der Waals surface area contributed by atoms with Crippen LogP contribution in [0.25, 0.3) is 0 Å². The van der Waals surface area contributed by atoms with Crippen LogP contribution in [0.1, 0.15) is 71.1 Å². The fourth-order valence-corrected chi connectivity index (χ4v) is 2.07. The first-order valence-corrected chi connectivity index (χ1v) is 8.00. The van der Waals surface area contributed by atoms with Crippen LogP contribution < -0.4 is 29.6 Å². The molecule has 0 aliphatic rings. The molecule has 0 rings (SSSR count). The van der Waals surface area contributed by atoms with E-state index in [1.807, 2.05) is 0 Å². The molecule has 0 N–H and O–H groups in total. The summed E-state index contributed by atoms with van der Waals surface area (Å²) in [6.45, 7) is 2.24. The van der Waals surface area contributed by atoms with E-state index < -0.39 is 10.4 Å². The Bertz CT molecular complexity index is 260. The Labute approximate surface area is 160 Å². The van der Waals surface area contributed by atoms with E-state index in [0.29, 0.717) is 6.42 Å². The van der Waals surface area contributed by atoms with Gasteiger partial charge in [-0.1, -0.05) is 64.7 Å². The zero-order chi connectivity index (χ0) is 13.0. The number of hydrogen-bond donors (Lipinski definition) is 0. The van der Waals surface area contributed by atoms with Gasteiger partial charge in [0.25, 0.3) is 0 Å². The maximum absolute atomic E-state index is 10.1. The SMILES string of the molecule is CCCCCCCCCCCCOS(=O)(=O)[O-].[Na+].[PbH2]. The molecule has 0 aromatic rings. The van der Waals surface area contributed by atoms with Crippen LogP contribution in [0.4, 0.5) is 0 Å². The molecule has 0 bridgehead atoms. The van der Waals surface area contributed by atoms with Crippen molar-refractivity contribution in [3.05, 3.63) is 0 Å². The van der Waals surface area contributed by atoms with Gasteiger partial charge in [-0.2, -0.15) is 0 Å². The summed E-state index contributed by atoms with van der Waals surface area (Å²) in [7, 11) is -4.48. The molecular weight excluding hydrogens is 470 g/mol. The van der Waals surface area contributed by atoms with Gasteiger partial charge in [0.1, 0.15) is 0 Å². The molecule has 0 fully saturated rings. The van der Waals surface area contributed by atoms with Gasteiger partial charge in [-0.05, 0) is 6.42 Å². The minimum absolute atomic E-state index is 0. The quantitative estimate of drug-likeness (QED) is 0.157. The molecule has 110 valence electrons. The van der Waals surface area contributed by atoms with E-state index in [1.54, 1.807) is 0 Å². The van der Waals surface area contributed by atoms with E-state index in [9.17, 15) is 13.0 Å². The first-order chi connectivity index (χ1) is 8.06. The van der Waals surface area contributed by atoms with Gasteiger partial charge in [0.05, 0.1) is 6.61 Å². The molecule has 19 heavy (non-hydrogen) atoms. The summed E-state index contributed by atoms with van der Waals surface area (Å²) in [4.78, 5) is 0. The molecule has 2 radical (unpaired) electrons. The fraction of sp³-hybridized carbons (Fsp3) is 1.00. The second kappa shape index (κ2) is 17.8. The normalized spacial score (nSPS) is 10.6. The molecule has 0 aliphatic heterocycles. The zero-order valence-corrected chi connectivity index (χ0v) is 20.8. The summed E-state index contributed by atoms with van der Waals surface area (Å²) < 4.78 is 34.5. The van der Waals surface area contributed by atoms with Gasteiger partial charge < -0.3 is 4.55 Å². The van der Waals surface area contributed by atoms with E-state index in [1.165, 1.54) is 44.9 Å². The molecule has 0 aromatic carbocycles. The average Bonchev–Trinajstić information content (AvgIpc) is 2.24. The van der Waals surface area contributed by atoms with Gasteiger partial charge in [-0.15, -0.1) is 0 Å². The molecule has 0 aromatic heterocycles. The first-order valence-electron chi connectivity index (χ1n) is 6.66. The number of unbranched alkanes of at least 4 members (excludes halogenated alkanes) is 9. The monoisotopic (exact) mass is 498 g/mol.